The summed E-state index contributed by atoms with van der Waals surface area (Å²) in [6.07, 6.45) is -0.613. The summed E-state index contributed by atoms with van der Waals surface area (Å²) in [7, 11) is -3.68. The summed E-state index contributed by atoms with van der Waals surface area (Å²) in [5.74, 6) is -3.91. The van der Waals surface area contributed by atoms with E-state index in [4.69, 9.17) is 23.3 Å². The SMILES string of the molecule is CC1(C)OC2[C@H](O1)[C@H](n1cnc3c(NC(=O)c4ccccc4)ncnc31)O[C@]2(F)COP(C)(=O)OCc1ccccc1. The fourth-order valence-electron chi connectivity index (χ4n) is 4.90. The molecule has 2 unspecified atom stereocenters. The minimum atomic E-state index is -3.68. The summed E-state index contributed by atoms with van der Waals surface area (Å²) in [6.45, 7) is 3.86. The lowest BCUT2D eigenvalue weighted by molar-refractivity contribution is -0.262. The van der Waals surface area contributed by atoms with E-state index in [2.05, 4.69) is 20.3 Å². The molecular weight excluding hydrogens is 568 g/mol. The van der Waals surface area contributed by atoms with Crippen molar-refractivity contribution in [1.82, 2.24) is 19.5 Å². The zero-order valence-corrected chi connectivity index (χ0v) is 23.9. The number of anilines is 1. The maximum atomic E-state index is 16.5. The highest BCUT2D eigenvalue weighted by atomic mass is 31.2. The number of nitrogens with zero attached hydrogens (tertiary/aromatic N) is 4. The first-order valence-corrected chi connectivity index (χ1v) is 15.2. The number of ether oxygens (including phenoxy) is 3. The smallest absolute Gasteiger partial charge is 0.328 e. The first kappa shape index (κ1) is 28.5. The van der Waals surface area contributed by atoms with Crippen molar-refractivity contribution in [2.45, 2.75) is 50.5 Å². The van der Waals surface area contributed by atoms with Crippen LogP contribution in [-0.2, 0) is 34.4 Å². The van der Waals surface area contributed by atoms with Crippen LogP contribution in [0.2, 0.25) is 0 Å². The molecule has 0 bridgehead atoms. The third-order valence-corrected chi connectivity index (χ3v) is 8.05. The largest absolute Gasteiger partial charge is 0.340 e. The normalized spacial score (nSPS) is 26.1. The van der Waals surface area contributed by atoms with Crippen LogP contribution in [-0.4, -0.2) is 62.5 Å². The topological polar surface area (TPSA) is 136 Å². The Morgan fingerprint density at radius 2 is 1.74 bits per heavy atom. The highest BCUT2D eigenvalue weighted by molar-refractivity contribution is 7.52. The van der Waals surface area contributed by atoms with Crippen LogP contribution in [0.4, 0.5) is 10.2 Å². The van der Waals surface area contributed by atoms with Crippen LogP contribution in [0.25, 0.3) is 11.2 Å². The van der Waals surface area contributed by atoms with E-state index in [1.165, 1.54) is 23.9 Å². The molecule has 42 heavy (non-hydrogen) atoms. The number of rotatable bonds is 9. The van der Waals surface area contributed by atoms with Gasteiger partial charge in [0.2, 0.25) is 0 Å². The van der Waals surface area contributed by atoms with Gasteiger partial charge in [0.15, 0.2) is 35.1 Å². The van der Waals surface area contributed by atoms with Gasteiger partial charge >= 0.3 is 7.60 Å². The Hall–Kier alpha value is -3.58. The van der Waals surface area contributed by atoms with E-state index in [1.54, 1.807) is 44.2 Å². The van der Waals surface area contributed by atoms with Crippen LogP contribution in [0.1, 0.15) is 36.0 Å². The number of fused-ring (bicyclic) bond motifs is 2. The van der Waals surface area contributed by atoms with Crippen molar-refractivity contribution < 1.29 is 37.0 Å². The molecule has 12 nitrogen and oxygen atoms in total. The van der Waals surface area contributed by atoms with Gasteiger partial charge < -0.3 is 28.6 Å². The Bertz CT molecular complexity index is 1640. The van der Waals surface area contributed by atoms with Crippen molar-refractivity contribution in [3.63, 3.8) is 0 Å². The molecule has 2 aromatic heterocycles. The Morgan fingerprint density at radius 3 is 2.48 bits per heavy atom. The van der Waals surface area contributed by atoms with Gasteiger partial charge in [-0.15, -0.1) is 0 Å². The Morgan fingerprint density at radius 1 is 1.02 bits per heavy atom. The molecule has 0 aliphatic carbocycles. The fraction of sp³-hybridized carbons (Fsp3) is 0.357. The lowest BCUT2D eigenvalue weighted by Gasteiger charge is -2.29. The second-order valence-corrected chi connectivity index (χ2v) is 12.5. The number of amides is 1. The van der Waals surface area contributed by atoms with E-state index in [1.807, 2.05) is 30.3 Å². The second kappa shape index (κ2) is 10.9. The van der Waals surface area contributed by atoms with Crippen molar-refractivity contribution >= 4 is 30.5 Å². The number of carbonyl (C=O) groups excluding carboxylic acids is 1. The number of nitrogens with one attached hydrogen (secondary N) is 1. The minimum Gasteiger partial charge on any atom is -0.340 e. The molecule has 1 N–H and O–H groups in total. The van der Waals surface area contributed by atoms with Crippen LogP contribution in [0.5, 0.6) is 0 Å². The zero-order valence-electron chi connectivity index (χ0n) is 23.0. The molecular formula is C28H29FN5O7P. The Kier molecular flexibility index (Phi) is 7.42. The average Bonchev–Trinajstić information content (AvgIpc) is 3.63. The quantitative estimate of drug-likeness (QED) is 0.267. The molecule has 2 aliphatic heterocycles. The van der Waals surface area contributed by atoms with Crippen LogP contribution in [0.3, 0.4) is 0 Å². The minimum absolute atomic E-state index is 0.0277. The number of imidazole rings is 1. The highest BCUT2D eigenvalue weighted by Gasteiger charge is 2.65. The molecule has 2 saturated heterocycles. The molecule has 2 fully saturated rings. The van der Waals surface area contributed by atoms with Gasteiger partial charge in [-0.25, -0.2) is 19.3 Å². The Labute approximate surface area is 240 Å². The van der Waals surface area contributed by atoms with Crippen LogP contribution < -0.4 is 5.32 Å². The molecule has 2 aliphatic rings. The molecule has 4 aromatic rings. The third-order valence-electron chi connectivity index (χ3n) is 6.86. The van der Waals surface area contributed by atoms with E-state index in [9.17, 15) is 9.36 Å². The predicted molar refractivity (Wildman–Crippen MR) is 148 cm³/mol. The lowest BCUT2D eigenvalue weighted by atomic mass is 10.1. The van der Waals surface area contributed by atoms with Crippen molar-refractivity contribution in [2.75, 3.05) is 18.6 Å². The number of alkyl halides is 1. The summed E-state index contributed by atoms with van der Waals surface area (Å²) in [5.41, 5.74) is 1.76. The Balaban J connectivity index is 1.23. The zero-order chi connectivity index (χ0) is 29.5. The van der Waals surface area contributed by atoms with Crippen molar-refractivity contribution in [3.05, 3.63) is 84.4 Å². The van der Waals surface area contributed by atoms with Gasteiger partial charge in [-0.3, -0.25) is 13.9 Å². The summed E-state index contributed by atoms with van der Waals surface area (Å²) >= 11 is 0. The molecule has 2 aromatic carbocycles. The van der Waals surface area contributed by atoms with Crippen LogP contribution in [0, 0.1) is 0 Å². The van der Waals surface area contributed by atoms with E-state index in [-0.39, 0.29) is 29.5 Å². The molecule has 14 heteroatoms. The number of aromatic nitrogens is 4. The maximum absolute atomic E-state index is 16.5. The maximum Gasteiger partial charge on any atom is 0.328 e. The summed E-state index contributed by atoms with van der Waals surface area (Å²) in [5, 5.41) is 2.74. The second-order valence-electron chi connectivity index (χ2n) is 10.5. The number of benzene rings is 2. The van der Waals surface area contributed by atoms with Gasteiger partial charge in [0, 0.05) is 12.2 Å². The van der Waals surface area contributed by atoms with Gasteiger partial charge in [-0.2, -0.15) is 0 Å². The molecule has 220 valence electrons. The molecule has 6 rings (SSSR count). The third kappa shape index (κ3) is 5.71. The van der Waals surface area contributed by atoms with Gasteiger partial charge in [0.25, 0.3) is 11.8 Å². The van der Waals surface area contributed by atoms with Gasteiger partial charge in [0.1, 0.15) is 19.0 Å². The standard InChI is InChI=1S/C28H29FN5O7P/c1-27(2)39-21-22(40-27)28(29,15-38-42(3,36)37-14-18-10-6-4-7-11-18)41-26(21)34-17-32-20-23(30-16-31-24(20)34)33-25(35)19-12-8-5-9-13-19/h4-13,16-17,21-22,26H,14-15H2,1-3H3,(H,30,31,33,35)/t21-,22?,26+,28+,42?/m0/s1. The first-order chi connectivity index (χ1) is 20.0. The fourth-order valence-corrected chi connectivity index (χ4v) is 5.77. The van der Waals surface area contributed by atoms with Crippen LogP contribution in [0.15, 0.2) is 73.3 Å². The number of hydrogen-bond acceptors (Lipinski definition) is 10. The molecule has 0 saturated carbocycles. The van der Waals surface area contributed by atoms with Crippen LogP contribution >= 0.6 is 7.60 Å². The molecule has 0 radical (unpaired) electrons. The molecule has 0 spiro atoms. The van der Waals surface area contributed by atoms with Crippen molar-refractivity contribution in [2.24, 2.45) is 0 Å². The van der Waals surface area contributed by atoms with Crippen molar-refractivity contribution in [3.8, 4) is 0 Å². The predicted octanol–water partition coefficient (Wildman–Crippen LogP) is 4.85. The number of hydrogen-bond donors (Lipinski definition) is 1. The number of carbonyl (C=O) groups is 1. The van der Waals surface area contributed by atoms with Gasteiger partial charge in [-0.05, 0) is 31.5 Å². The van der Waals surface area contributed by atoms with Crippen molar-refractivity contribution in [1.29, 1.82) is 0 Å². The first-order valence-electron chi connectivity index (χ1n) is 13.2. The van der Waals surface area contributed by atoms with E-state index >= 15 is 4.39 Å². The van der Waals surface area contributed by atoms with E-state index in [0.29, 0.717) is 5.56 Å². The van der Waals surface area contributed by atoms with E-state index < -0.39 is 44.3 Å². The molecule has 5 atom stereocenters. The summed E-state index contributed by atoms with van der Waals surface area (Å²) in [4.78, 5) is 25.6. The highest BCUT2D eigenvalue weighted by Crippen LogP contribution is 2.52. The average molecular weight is 598 g/mol. The van der Waals surface area contributed by atoms with Gasteiger partial charge in [0.05, 0.1) is 12.9 Å². The molecule has 1 amide bonds. The summed E-state index contributed by atoms with van der Waals surface area (Å²) < 4.78 is 59.8. The van der Waals surface area contributed by atoms with E-state index in [0.717, 1.165) is 5.56 Å². The van der Waals surface area contributed by atoms with Gasteiger partial charge in [-0.1, -0.05) is 48.5 Å². The number of halogens is 1. The molecule has 4 heterocycles. The monoisotopic (exact) mass is 597 g/mol. The lowest BCUT2D eigenvalue weighted by Crippen LogP contribution is -2.43. The summed E-state index contributed by atoms with van der Waals surface area (Å²) in [6, 6.07) is 17.8.